The first-order valence-corrected chi connectivity index (χ1v) is 4.85. The molecule has 0 saturated heterocycles. The zero-order chi connectivity index (χ0) is 9.14. The first-order valence-electron chi connectivity index (χ1n) is 3.93. The van der Waals surface area contributed by atoms with Crippen molar-refractivity contribution in [3.8, 4) is 5.75 Å². The van der Waals surface area contributed by atoms with Crippen LogP contribution in [0.5, 0.6) is 5.75 Å². The molecule has 0 heterocycles. The summed E-state index contributed by atoms with van der Waals surface area (Å²) in [5.74, 6) is 0.958. The number of hydrogen-bond acceptors (Lipinski definition) is 1. The smallest absolute Gasteiger partial charge is 0.123 e. The zero-order valence-electron chi connectivity index (χ0n) is 7.60. The van der Waals surface area contributed by atoms with Gasteiger partial charge in [-0.2, -0.15) is 0 Å². The molecule has 12 heavy (non-hydrogen) atoms. The number of hydrogen-bond donors (Lipinski definition) is 0. The molecular formula is C10H13BrO. The third-order valence-corrected chi connectivity index (χ3v) is 2.31. The lowest BCUT2D eigenvalue weighted by molar-refractivity contribution is 0.409. The van der Waals surface area contributed by atoms with Crippen molar-refractivity contribution in [2.75, 3.05) is 7.11 Å². The highest BCUT2D eigenvalue weighted by atomic mass is 79.9. The maximum absolute atomic E-state index is 5.26. The normalized spacial score (nSPS) is 12.7. The highest BCUT2D eigenvalue weighted by Gasteiger charge is 2.07. The Bertz CT molecular complexity index is 269. The number of rotatable bonds is 2. The van der Waals surface area contributed by atoms with Crippen LogP contribution in [0.25, 0.3) is 0 Å². The fourth-order valence-corrected chi connectivity index (χ4v) is 1.53. The molecular weight excluding hydrogens is 216 g/mol. The number of halogens is 1. The molecule has 0 aliphatic rings. The van der Waals surface area contributed by atoms with Crippen molar-refractivity contribution >= 4 is 15.9 Å². The molecule has 1 rings (SSSR count). The van der Waals surface area contributed by atoms with Crippen molar-refractivity contribution in [3.63, 3.8) is 0 Å². The SMILES string of the molecule is COc1cc(C)ccc1C(C)Br. The highest BCUT2D eigenvalue weighted by Crippen LogP contribution is 2.30. The van der Waals surface area contributed by atoms with Crippen LogP contribution in [0.1, 0.15) is 22.9 Å². The second-order valence-electron chi connectivity index (χ2n) is 2.86. The molecule has 1 nitrogen and oxygen atoms in total. The molecule has 0 aromatic heterocycles. The average molecular weight is 229 g/mol. The summed E-state index contributed by atoms with van der Waals surface area (Å²) in [5, 5.41) is 0. The van der Waals surface area contributed by atoms with Gasteiger partial charge in [0.25, 0.3) is 0 Å². The summed E-state index contributed by atoms with van der Waals surface area (Å²) < 4.78 is 5.26. The van der Waals surface area contributed by atoms with Gasteiger partial charge in [0, 0.05) is 10.4 Å². The third kappa shape index (κ3) is 2.01. The molecule has 0 N–H and O–H groups in total. The first kappa shape index (κ1) is 9.59. The van der Waals surface area contributed by atoms with Crippen molar-refractivity contribution in [1.82, 2.24) is 0 Å². The largest absolute Gasteiger partial charge is 0.496 e. The van der Waals surface area contributed by atoms with E-state index in [9.17, 15) is 0 Å². The number of methoxy groups -OCH3 is 1. The van der Waals surface area contributed by atoms with Gasteiger partial charge in [-0.25, -0.2) is 0 Å². The molecule has 1 aromatic carbocycles. The Kier molecular flexibility index (Phi) is 3.15. The quantitative estimate of drug-likeness (QED) is 0.705. The van der Waals surface area contributed by atoms with Crippen molar-refractivity contribution in [1.29, 1.82) is 0 Å². The molecule has 0 aliphatic carbocycles. The number of aryl methyl sites for hydroxylation is 1. The van der Waals surface area contributed by atoms with E-state index in [2.05, 4.69) is 41.9 Å². The lowest BCUT2D eigenvalue weighted by atomic mass is 10.1. The summed E-state index contributed by atoms with van der Waals surface area (Å²) in [7, 11) is 1.70. The van der Waals surface area contributed by atoms with Gasteiger partial charge < -0.3 is 4.74 Å². The van der Waals surface area contributed by atoms with E-state index >= 15 is 0 Å². The molecule has 0 saturated carbocycles. The number of alkyl halides is 1. The molecule has 0 bridgehead atoms. The zero-order valence-corrected chi connectivity index (χ0v) is 9.18. The summed E-state index contributed by atoms with van der Waals surface area (Å²) in [5.41, 5.74) is 2.42. The van der Waals surface area contributed by atoms with Gasteiger partial charge in [-0.1, -0.05) is 28.1 Å². The van der Waals surface area contributed by atoms with E-state index in [4.69, 9.17) is 4.74 Å². The Morgan fingerprint density at radius 3 is 2.58 bits per heavy atom. The molecule has 0 fully saturated rings. The standard InChI is InChI=1S/C10H13BrO/c1-7-4-5-9(8(2)11)10(6-7)12-3/h4-6,8H,1-3H3. The molecule has 0 radical (unpaired) electrons. The molecule has 1 unspecified atom stereocenters. The van der Waals surface area contributed by atoms with Gasteiger partial charge in [0.1, 0.15) is 5.75 Å². The summed E-state index contributed by atoms with van der Waals surface area (Å²) >= 11 is 3.52. The van der Waals surface area contributed by atoms with Crippen molar-refractivity contribution < 1.29 is 4.74 Å². The summed E-state index contributed by atoms with van der Waals surface area (Å²) in [6, 6.07) is 6.23. The van der Waals surface area contributed by atoms with E-state index in [1.165, 1.54) is 11.1 Å². The summed E-state index contributed by atoms with van der Waals surface area (Å²) in [6.45, 7) is 4.15. The van der Waals surface area contributed by atoms with Crippen molar-refractivity contribution in [2.45, 2.75) is 18.7 Å². The van der Waals surface area contributed by atoms with E-state index in [0.717, 1.165) is 5.75 Å². The van der Waals surface area contributed by atoms with Gasteiger partial charge in [-0.15, -0.1) is 0 Å². The highest BCUT2D eigenvalue weighted by molar-refractivity contribution is 9.09. The van der Waals surface area contributed by atoms with Gasteiger partial charge >= 0.3 is 0 Å². The van der Waals surface area contributed by atoms with Gasteiger partial charge in [-0.05, 0) is 25.5 Å². The minimum atomic E-state index is 0.341. The minimum absolute atomic E-state index is 0.341. The molecule has 1 atom stereocenters. The molecule has 0 spiro atoms. The maximum atomic E-state index is 5.26. The average Bonchev–Trinajstić information content (AvgIpc) is 2.03. The Morgan fingerprint density at radius 2 is 2.08 bits per heavy atom. The van der Waals surface area contributed by atoms with Crippen LogP contribution in [0, 0.1) is 6.92 Å². The van der Waals surface area contributed by atoms with Crippen LogP contribution >= 0.6 is 15.9 Å². The topological polar surface area (TPSA) is 9.23 Å². The third-order valence-electron chi connectivity index (χ3n) is 1.82. The number of benzene rings is 1. The predicted octanol–water partition coefficient (Wildman–Crippen LogP) is 3.46. The molecule has 0 aliphatic heterocycles. The Balaban J connectivity index is 3.11. The van der Waals surface area contributed by atoms with Gasteiger partial charge in [0.2, 0.25) is 0 Å². The van der Waals surface area contributed by atoms with E-state index in [0.29, 0.717) is 4.83 Å². The van der Waals surface area contributed by atoms with Crippen LogP contribution in [-0.2, 0) is 0 Å². The summed E-state index contributed by atoms with van der Waals surface area (Å²) in [6.07, 6.45) is 0. The minimum Gasteiger partial charge on any atom is -0.496 e. The Labute approximate surface area is 81.9 Å². The van der Waals surface area contributed by atoms with Crippen molar-refractivity contribution in [2.24, 2.45) is 0 Å². The second kappa shape index (κ2) is 3.94. The van der Waals surface area contributed by atoms with E-state index in [1.807, 2.05) is 6.07 Å². The van der Waals surface area contributed by atoms with Crippen LogP contribution in [-0.4, -0.2) is 7.11 Å². The maximum Gasteiger partial charge on any atom is 0.123 e. The second-order valence-corrected chi connectivity index (χ2v) is 4.23. The summed E-state index contributed by atoms with van der Waals surface area (Å²) in [4.78, 5) is 0.341. The first-order chi connectivity index (χ1) is 5.65. The van der Waals surface area contributed by atoms with Gasteiger partial charge in [0.15, 0.2) is 0 Å². The van der Waals surface area contributed by atoms with E-state index in [1.54, 1.807) is 7.11 Å². The monoisotopic (exact) mass is 228 g/mol. The lowest BCUT2D eigenvalue weighted by Crippen LogP contribution is -1.92. The molecule has 1 aromatic rings. The lowest BCUT2D eigenvalue weighted by Gasteiger charge is -2.10. The van der Waals surface area contributed by atoms with Crippen LogP contribution in [0.3, 0.4) is 0 Å². The fourth-order valence-electron chi connectivity index (χ4n) is 1.15. The number of ether oxygens (including phenoxy) is 1. The Hall–Kier alpha value is -0.500. The molecule has 66 valence electrons. The van der Waals surface area contributed by atoms with Crippen LogP contribution < -0.4 is 4.74 Å². The van der Waals surface area contributed by atoms with Crippen molar-refractivity contribution in [3.05, 3.63) is 29.3 Å². The molecule has 0 amide bonds. The predicted molar refractivity (Wildman–Crippen MR) is 55.1 cm³/mol. The van der Waals surface area contributed by atoms with E-state index < -0.39 is 0 Å². The van der Waals surface area contributed by atoms with Crippen LogP contribution in [0.4, 0.5) is 0 Å². The van der Waals surface area contributed by atoms with E-state index in [-0.39, 0.29) is 0 Å². The van der Waals surface area contributed by atoms with Gasteiger partial charge in [-0.3, -0.25) is 0 Å². The Morgan fingerprint density at radius 1 is 1.42 bits per heavy atom. The van der Waals surface area contributed by atoms with Crippen LogP contribution in [0.2, 0.25) is 0 Å². The fraction of sp³-hybridized carbons (Fsp3) is 0.400. The van der Waals surface area contributed by atoms with Crippen LogP contribution in [0.15, 0.2) is 18.2 Å². The molecule has 2 heteroatoms. The van der Waals surface area contributed by atoms with Gasteiger partial charge in [0.05, 0.1) is 7.11 Å².